The van der Waals surface area contributed by atoms with Crippen LogP contribution in [-0.4, -0.2) is 42.0 Å². The highest BCUT2D eigenvalue weighted by molar-refractivity contribution is 4.71. The number of hydrogen-bond acceptors (Lipinski definition) is 3. The molecular formula is C13H29NO2. The topological polar surface area (TPSA) is 43.7 Å². The highest BCUT2D eigenvalue weighted by Crippen LogP contribution is 2.26. The molecule has 0 bridgehead atoms. The van der Waals surface area contributed by atoms with Crippen LogP contribution in [0.2, 0.25) is 0 Å². The van der Waals surface area contributed by atoms with Crippen LogP contribution in [0.4, 0.5) is 0 Å². The van der Waals surface area contributed by atoms with Crippen molar-refractivity contribution in [2.45, 2.75) is 52.2 Å². The predicted octanol–water partition coefficient (Wildman–Crippen LogP) is 2.08. The average Bonchev–Trinajstić information content (AvgIpc) is 2.20. The van der Waals surface area contributed by atoms with E-state index in [0.29, 0.717) is 18.3 Å². The Morgan fingerprint density at radius 3 is 1.94 bits per heavy atom. The van der Waals surface area contributed by atoms with Gasteiger partial charge in [0.1, 0.15) is 0 Å². The van der Waals surface area contributed by atoms with E-state index in [9.17, 15) is 0 Å². The van der Waals surface area contributed by atoms with Crippen molar-refractivity contribution in [1.29, 1.82) is 0 Å². The Kier molecular flexibility index (Phi) is 8.90. The van der Waals surface area contributed by atoms with E-state index in [1.807, 2.05) is 0 Å². The molecule has 0 aliphatic rings. The first-order valence-corrected chi connectivity index (χ1v) is 6.52. The van der Waals surface area contributed by atoms with Crippen LogP contribution in [0.15, 0.2) is 0 Å². The summed E-state index contributed by atoms with van der Waals surface area (Å²) in [6, 6.07) is 0. The first kappa shape index (κ1) is 15.9. The maximum atomic E-state index is 8.95. The molecule has 16 heavy (non-hydrogen) atoms. The van der Waals surface area contributed by atoms with Crippen LogP contribution in [0.1, 0.15) is 46.0 Å². The molecule has 0 spiro atoms. The van der Waals surface area contributed by atoms with E-state index in [0.717, 1.165) is 13.0 Å². The van der Waals surface area contributed by atoms with Gasteiger partial charge < -0.3 is 15.1 Å². The molecular weight excluding hydrogens is 202 g/mol. The van der Waals surface area contributed by atoms with Crippen LogP contribution in [0.5, 0.6) is 0 Å². The van der Waals surface area contributed by atoms with Crippen LogP contribution in [0.3, 0.4) is 0 Å². The molecule has 2 N–H and O–H groups in total. The third-order valence-corrected chi connectivity index (χ3v) is 3.25. The molecule has 0 aromatic heterocycles. The summed E-state index contributed by atoms with van der Waals surface area (Å²) in [4.78, 5) is 2.23. The van der Waals surface area contributed by atoms with Gasteiger partial charge in [-0.1, -0.05) is 33.1 Å². The van der Waals surface area contributed by atoms with Gasteiger partial charge in [0.2, 0.25) is 0 Å². The SMILES string of the molecule is CCCC(CCC(O)O)C(CC)CN(C)C. The van der Waals surface area contributed by atoms with Crippen molar-refractivity contribution in [3.05, 3.63) is 0 Å². The highest BCUT2D eigenvalue weighted by Gasteiger charge is 2.20. The number of hydrogen-bond donors (Lipinski definition) is 2. The van der Waals surface area contributed by atoms with Crippen LogP contribution >= 0.6 is 0 Å². The number of aliphatic hydroxyl groups excluding tert-OH is 1. The Morgan fingerprint density at radius 2 is 1.56 bits per heavy atom. The zero-order chi connectivity index (χ0) is 12.6. The summed E-state index contributed by atoms with van der Waals surface area (Å²) in [7, 11) is 4.21. The first-order valence-electron chi connectivity index (χ1n) is 6.52. The zero-order valence-corrected chi connectivity index (χ0v) is 11.3. The highest BCUT2D eigenvalue weighted by atomic mass is 16.5. The Morgan fingerprint density at radius 1 is 0.938 bits per heavy atom. The molecule has 0 saturated heterocycles. The number of rotatable bonds is 9. The number of aliphatic hydroxyl groups is 2. The monoisotopic (exact) mass is 231 g/mol. The van der Waals surface area contributed by atoms with Crippen molar-refractivity contribution in [3.8, 4) is 0 Å². The summed E-state index contributed by atoms with van der Waals surface area (Å²) < 4.78 is 0. The van der Waals surface area contributed by atoms with Crippen LogP contribution in [-0.2, 0) is 0 Å². The van der Waals surface area contributed by atoms with Crippen molar-refractivity contribution < 1.29 is 10.2 Å². The van der Waals surface area contributed by atoms with Gasteiger partial charge in [-0.2, -0.15) is 0 Å². The minimum Gasteiger partial charge on any atom is -0.368 e. The molecule has 0 aromatic rings. The standard InChI is InChI=1S/C13H29NO2/c1-5-7-12(8-9-13(15)16)11(6-2)10-14(3)4/h11-13,15-16H,5-10H2,1-4H3. The third kappa shape index (κ3) is 7.20. The van der Waals surface area contributed by atoms with Crippen molar-refractivity contribution in [2.75, 3.05) is 20.6 Å². The molecule has 0 aliphatic heterocycles. The van der Waals surface area contributed by atoms with E-state index in [2.05, 4.69) is 32.8 Å². The Balaban J connectivity index is 4.21. The van der Waals surface area contributed by atoms with Gasteiger partial charge in [-0.3, -0.25) is 0 Å². The summed E-state index contributed by atoms with van der Waals surface area (Å²) in [6.45, 7) is 5.53. The zero-order valence-electron chi connectivity index (χ0n) is 11.3. The fourth-order valence-electron chi connectivity index (χ4n) is 2.43. The maximum absolute atomic E-state index is 8.95. The second-order valence-corrected chi connectivity index (χ2v) is 5.04. The molecule has 0 aromatic carbocycles. The smallest absolute Gasteiger partial charge is 0.151 e. The minimum atomic E-state index is -1.14. The molecule has 0 rings (SSSR count). The van der Waals surface area contributed by atoms with Gasteiger partial charge in [0, 0.05) is 6.54 Å². The van der Waals surface area contributed by atoms with Crippen LogP contribution < -0.4 is 0 Å². The normalized spacial score (nSPS) is 15.8. The fraction of sp³-hybridized carbons (Fsp3) is 1.00. The van der Waals surface area contributed by atoms with Gasteiger partial charge >= 0.3 is 0 Å². The second kappa shape index (κ2) is 8.97. The quantitative estimate of drug-likeness (QED) is 0.597. The molecule has 3 nitrogen and oxygen atoms in total. The van der Waals surface area contributed by atoms with E-state index in [1.54, 1.807) is 0 Å². The van der Waals surface area contributed by atoms with Crippen molar-refractivity contribution in [2.24, 2.45) is 11.8 Å². The Bertz CT molecular complexity index is 160. The van der Waals surface area contributed by atoms with E-state index in [4.69, 9.17) is 10.2 Å². The molecule has 0 heterocycles. The van der Waals surface area contributed by atoms with Gasteiger partial charge in [-0.25, -0.2) is 0 Å². The summed E-state index contributed by atoms with van der Waals surface area (Å²) in [5, 5.41) is 17.9. The summed E-state index contributed by atoms with van der Waals surface area (Å²) in [5.74, 6) is 1.30. The summed E-state index contributed by atoms with van der Waals surface area (Å²) >= 11 is 0. The van der Waals surface area contributed by atoms with Gasteiger partial charge in [-0.15, -0.1) is 0 Å². The van der Waals surface area contributed by atoms with Crippen molar-refractivity contribution in [3.63, 3.8) is 0 Å². The molecule has 0 fully saturated rings. The van der Waals surface area contributed by atoms with Crippen LogP contribution in [0, 0.1) is 11.8 Å². The lowest BCUT2D eigenvalue weighted by molar-refractivity contribution is -0.0508. The predicted molar refractivity (Wildman–Crippen MR) is 68.2 cm³/mol. The van der Waals surface area contributed by atoms with Crippen molar-refractivity contribution in [1.82, 2.24) is 4.90 Å². The van der Waals surface area contributed by atoms with Crippen molar-refractivity contribution >= 4 is 0 Å². The fourth-order valence-corrected chi connectivity index (χ4v) is 2.43. The van der Waals surface area contributed by atoms with Gasteiger partial charge in [0.05, 0.1) is 0 Å². The Hall–Kier alpha value is -0.120. The molecule has 0 radical (unpaired) electrons. The second-order valence-electron chi connectivity index (χ2n) is 5.04. The molecule has 0 aliphatic carbocycles. The number of nitrogens with zero attached hydrogens (tertiary/aromatic N) is 1. The molecule has 0 saturated carbocycles. The van der Waals surface area contributed by atoms with Gasteiger partial charge in [-0.05, 0) is 38.8 Å². The maximum Gasteiger partial charge on any atom is 0.151 e. The van der Waals surface area contributed by atoms with Crippen LogP contribution in [0.25, 0.3) is 0 Å². The summed E-state index contributed by atoms with van der Waals surface area (Å²) in [5.41, 5.74) is 0. The minimum absolute atomic E-state index is 0.509. The molecule has 3 heteroatoms. The van der Waals surface area contributed by atoms with E-state index in [1.165, 1.54) is 19.3 Å². The van der Waals surface area contributed by atoms with E-state index >= 15 is 0 Å². The first-order chi connectivity index (χ1) is 7.51. The lowest BCUT2D eigenvalue weighted by atomic mass is 9.83. The lowest BCUT2D eigenvalue weighted by Crippen LogP contribution is -2.28. The largest absolute Gasteiger partial charge is 0.368 e. The Labute approximate surface area is 100 Å². The molecule has 2 unspecified atom stereocenters. The van der Waals surface area contributed by atoms with Gasteiger partial charge in [0.25, 0.3) is 0 Å². The molecule has 0 amide bonds. The average molecular weight is 231 g/mol. The molecule has 2 atom stereocenters. The lowest BCUT2D eigenvalue weighted by Gasteiger charge is -2.29. The third-order valence-electron chi connectivity index (χ3n) is 3.25. The summed E-state index contributed by atoms with van der Waals surface area (Å²) in [6.07, 6.45) is 3.84. The van der Waals surface area contributed by atoms with Gasteiger partial charge in [0.15, 0.2) is 6.29 Å². The van der Waals surface area contributed by atoms with E-state index in [-0.39, 0.29) is 0 Å². The van der Waals surface area contributed by atoms with E-state index < -0.39 is 6.29 Å². The molecule has 98 valence electrons.